The summed E-state index contributed by atoms with van der Waals surface area (Å²) in [6, 6.07) is 5.35. The molecule has 2 N–H and O–H groups in total. The molecular weight excluding hydrogens is 256 g/mol. The van der Waals surface area contributed by atoms with Gasteiger partial charge in [0.05, 0.1) is 18.8 Å². The van der Waals surface area contributed by atoms with Crippen molar-refractivity contribution < 1.29 is 19.7 Å². The van der Waals surface area contributed by atoms with E-state index in [0.29, 0.717) is 17.1 Å². The predicted molar refractivity (Wildman–Crippen MR) is 77.2 cm³/mol. The summed E-state index contributed by atoms with van der Waals surface area (Å²) >= 11 is 0. The van der Waals surface area contributed by atoms with Crippen molar-refractivity contribution in [2.24, 2.45) is 0 Å². The van der Waals surface area contributed by atoms with Gasteiger partial charge in [0, 0.05) is 11.6 Å². The molecule has 1 aliphatic carbocycles. The fourth-order valence-electron chi connectivity index (χ4n) is 2.68. The first-order valence-corrected chi connectivity index (χ1v) is 7.25. The Hall–Kier alpha value is -1.26. The molecule has 1 saturated carbocycles. The monoisotopic (exact) mass is 280 g/mol. The number of aliphatic hydroxyl groups is 2. The normalized spacial score (nSPS) is 19.4. The minimum atomic E-state index is -0.739. The third-order valence-corrected chi connectivity index (χ3v) is 3.95. The molecule has 2 rings (SSSR count). The number of ether oxygens (including phenoxy) is 2. The Kier molecular flexibility index (Phi) is 4.89. The summed E-state index contributed by atoms with van der Waals surface area (Å²) < 4.78 is 11.0. The zero-order chi connectivity index (χ0) is 14.6. The van der Waals surface area contributed by atoms with Gasteiger partial charge in [0.2, 0.25) is 0 Å². The van der Waals surface area contributed by atoms with E-state index in [1.807, 2.05) is 0 Å². The highest BCUT2D eigenvalue weighted by atomic mass is 16.5. The molecule has 0 spiro atoms. The molecule has 1 fully saturated rings. The molecule has 0 aliphatic heterocycles. The smallest absolute Gasteiger partial charge is 0.128 e. The number of hydrogen-bond acceptors (Lipinski definition) is 4. The highest BCUT2D eigenvalue weighted by Gasteiger charge is 2.30. The first-order valence-electron chi connectivity index (χ1n) is 7.25. The van der Waals surface area contributed by atoms with Gasteiger partial charge >= 0.3 is 0 Å². The summed E-state index contributed by atoms with van der Waals surface area (Å²) in [7, 11) is 1.59. The van der Waals surface area contributed by atoms with E-state index in [-0.39, 0.29) is 6.61 Å². The van der Waals surface area contributed by atoms with Crippen LogP contribution in [0.25, 0.3) is 0 Å². The molecule has 1 aromatic rings. The van der Waals surface area contributed by atoms with Gasteiger partial charge in [-0.15, -0.1) is 0 Å². The molecule has 4 heteroatoms. The number of aliphatic hydroxyl groups excluding tert-OH is 1. The van der Waals surface area contributed by atoms with Crippen LogP contribution in [0.15, 0.2) is 18.2 Å². The van der Waals surface area contributed by atoms with Crippen molar-refractivity contribution >= 4 is 0 Å². The number of hydrogen-bond donors (Lipinski definition) is 2. The van der Waals surface area contributed by atoms with Crippen LogP contribution in [-0.4, -0.2) is 29.5 Å². The Labute approximate surface area is 120 Å². The number of methoxy groups -OCH3 is 1. The maximum absolute atomic E-state index is 10.5. The van der Waals surface area contributed by atoms with Crippen LogP contribution in [0.1, 0.15) is 50.7 Å². The van der Waals surface area contributed by atoms with E-state index >= 15 is 0 Å². The van der Waals surface area contributed by atoms with E-state index in [9.17, 15) is 10.2 Å². The summed E-state index contributed by atoms with van der Waals surface area (Å²) in [5, 5.41) is 20.3. The second kappa shape index (κ2) is 6.46. The van der Waals surface area contributed by atoms with Crippen molar-refractivity contribution in [3.05, 3.63) is 23.8 Å². The van der Waals surface area contributed by atoms with Crippen molar-refractivity contribution in [1.29, 1.82) is 0 Å². The summed E-state index contributed by atoms with van der Waals surface area (Å²) in [5.74, 6) is 1.26. The van der Waals surface area contributed by atoms with Crippen molar-refractivity contribution in [2.45, 2.75) is 50.7 Å². The lowest BCUT2D eigenvalue weighted by Crippen LogP contribution is -2.38. The van der Waals surface area contributed by atoms with Crippen LogP contribution in [-0.2, 0) is 0 Å². The molecule has 0 heterocycles. The molecule has 1 atom stereocenters. The number of benzene rings is 1. The maximum atomic E-state index is 10.5. The second-order valence-electron chi connectivity index (χ2n) is 5.65. The Morgan fingerprint density at radius 2 is 1.95 bits per heavy atom. The Bertz CT molecular complexity index is 436. The fourth-order valence-corrected chi connectivity index (χ4v) is 2.68. The molecule has 0 bridgehead atoms. The topological polar surface area (TPSA) is 58.9 Å². The third-order valence-electron chi connectivity index (χ3n) is 3.95. The SMILES string of the molecule is COc1ccc(C(C)O)c(OCC2(O)CCCCC2)c1. The highest BCUT2D eigenvalue weighted by Crippen LogP contribution is 2.33. The lowest BCUT2D eigenvalue weighted by atomic mass is 9.85. The van der Waals surface area contributed by atoms with Crippen molar-refractivity contribution in [3.63, 3.8) is 0 Å². The third kappa shape index (κ3) is 3.64. The highest BCUT2D eigenvalue weighted by molar-refractivity contribution is 5.41. The van der Waals surface area contributed by atoms with E-state index in [0.717, 1.165) is 25.7 Å². The minimum absolute atomic E-state index is 0.264. The van der Waals surface area contributed by atoms with Crippen LogP contribution >= 0.6 is 0 Å². The van der Waals surface area contributed by atoms with Crippen molar-refractivity contribution in [2.75, 3.05) is 13.7 Å². The molecule has 20 heavy (non-hydrogen) atoms. The lowest BCUT2D eigenvalue weighted by molar-refractivity contribution is -0.0345. The molecule has 112 valence electrons. The van der Waals surface area contributed by atoms with Gasteiger partial charge in [-0.1, -0.05) is 19.3 Å². The Morgan fingerprint density at radius 1 is 1.25 bits per heavy atom. The van der Waals surface area contributed by atoms with Gasteiger partial charge in [-0.2, -0.15) is 0 Å². The summed E-state index contributed by atoms with van der Waals surface area (Å²) in [5.41, 5.74) is -0.0256. The molecule has 0 saturated heterocycles. The van der Waals surface area contributed by atoms with Gasteiger partial charge in [0.25, 0.3) is 0 Å². The summed E-state index contributed by atoms with van der Waals surface area (Å²) in [6.45, 7) is 1.96. The van der Waals surface area contributed by atoms with E-state index in [1.165, 1.54) is 6.42 Å². The average molecular weight is 280 g/mol. The minimum Gasteiger partial charge on any atom is -0.497 e. The fraction of sp³-hybridized carbons (Fsp3) is 0.625. The average Bonchev–Trinajstić information content (AvgIpc) is 2.45. The molecule has 1 unspecified atom stereocenters. The zero-order valence-corrected chi connectivity index (χ0v) is 12.3. The first kappa shape index (κ1) is 15.1. The van der Waals surface area contributed by atoms with E-state index in [4.69, 9.17) is 9.47 Å². The molecular formula is C16H24O4. The van der Waals surface area contributed by atoms with Gasteiger partial charge in [-0.05, 0) is 31.9 Å². The van der Waals surface area contributed by atoms with Gasteiger partial charge in [-0.25, -0.2) is 0 Å². The van der Waals surface area contributed by atoms with E-state index in [1.54, 1.807) is 32.2 Å². The van der Waals surface area contributed by atoms with Crippen LogP contribution in [0.4, 0.5) is 0 Å². The summed E-state index contributed by atoms with van der Waals surface area (Å²) in [6.07, 6.45) is 4.21. The van der Waals surface area contributed by atoms with Crippen molar-refractivity contribution in [1.82, 2.24) is 0 Å². The molecule has 0 aromatic heterocycles. The largest absolute Gasteiger partial charge is 0.497 e. The van der Waals surface area contributed by atoms with Gasteiger partial charge < -0.3 is 19.7 Å². The Balaban J connectivity index is 2.10. The van der Waals surface area contributed by atoms with Crippen LogP contribution < -0.4 is 9.47 Å². The zero-order valence-electron chi connectivity index (χ0n) is 12.3. The lowest BCUT2D eigenvalue weighted by Gasteiger charge is -2.32. The van der Waals surface area contributed by atoms with Crippen LogP contribution in [0, 0.1) is 0 Å². The quantitative estimate of drug-likeness (QED) is 0.870. The molecule has 0 radical (unpaired) electrons. The molecule has 4 nitrogen and oxygen atoms in total. The van der Waals surface area contributed by atoms with Crippen LogP contribution in [0.3, 0.4) is 0 Å². The summed E-state index contributed by atoms with van der Waals surface area (Å²) in [4.78, 5) is 0. The predicted octanol–water partition coefficient (Wildman–Crippen LogP) is 2.82. The van der Waals surface area contributed by atoms with E-state index < -0.39 is 11.7 Å². The first-order chi connectivity index (χ1) is 9.54. The van der Waals surface area contributed by atoms with Gasteiger partial charge in [-0.3, -0.25) is 0 Å². The number of rotatable bonds is 5. The van der Waals surface area contributed by atoms with Gasteiger partial charge in [0.1, 0.15) is 18.1 Å². The van der Waals surface area contributed by atoms with Crippen molar-refractivity contribution in [3.8, 4) is 11.5 Å². The second-order valence-corrected chi connectivity index (χ2v) is 5.65. The van der Waals surface area contributed by atoms with Crippen LogP contribution in [0.5, 0.6) is 11.5 Å². The van der Waals surface area contributed by atoms with E-state index in [2.05, 4.69) is 0 Å². The Morgan fingerprint density at radius 3 is 2.55 bits per heavy atom. The standard InChI is InChI=1S/C16H24O4/c1-12(17)14-7-6-13(19-2)10-15(14)20-11-16(18)8-4-3-5-9-16/h6-7,10,12,17-18H,3-5,8-9,11H2,1-2H3. The molecule has 0 amide bonds. The van der Waals surface area contributed by atoms with Gasteiger partial charge in [0.15, 0.2) is 0 Å². The maximum Gasteiger partial charge on any atom is 0.128 e. The van der Waals surface area contributed by atoms with Crippen LogP contribution in [0.2, 0.25) is 0 Å². The molecule has 1 aromatic carbocycles. The molecule has 1 aliphatic rings.